The van der Waals surface area contributed by atoms with Crippen LogP contribution in [0.2, 0.25) is 0 Å². The quantitative estimate of drug-likeness (QED) is 0.330. The molecule has 0 saturated heterocycles. The molecule has 0 unspecified atom stereocenters. The van der Waals surface area contributed by atoms with Crippen LogP contribution in [0.5, 0.6) is 11.5 Å². The molecule has 0 fully saturated rings. The molecule has 1 amide bonds. The van der Waals surface area contributed by atoms with Gasteiger partial charge in [-0.05, 0) is 48.4 Å². The highest BCUT2D eigenvalue weighted by atomic mass is 16.5. The number of benzene rings is 3. The van der Waals surface area contributed by atoms with Crippen LogP contribution in [0, 0.1) is 0 Å². The Kier molecular flexibility index (Phi) is 8.10. The molecule has 30 heavy (non-hydrogen) atoms. The molecule has 0 radical (unpaired) electrons. The monoisotopic (exact) mass is 401 g/mol. The molecule has 1 N–H and O–H groups in total. The van der Waals surface area contributed by atoms with Crippen LogP contribution in [-0.4, -0.2) is 12.5 Å². The van der Waals surface area contributed by atoms with Crippen LogP contribution in [0.25, 0.3) is 6.08 Å². The minimum absolute atomic E-state index is 0.198. The summed E-state index contributed by atoms with van der Waals surface area (Å²) in [6, 6.07) is 25.1. The molecule has 3 aromatic rings. The standard InChI is InChI=1S/C26H27NO3/c1-2-3-19-29-25-12-8-7-11-22(25)13-18-26(28)27-23-14-16-24(17-15-23)30-20-21-9-5-4-6-10-21/h4-18H,2-3,19-20H2,1H3,(H,27,28). The van der Waals surface area contributed by atoms with Crippen molar-refractivity contribution in [3.63, 3.8) is 0 Å². The summed E-state index contributed by atoms with van der Waals surface area (Å²) in [5.74, 6) is 1.34. The molecule has 3 rings (SSSR count). The maximum Gasteiger partial charge on any atom is 0.248 e. The number of unbranched alkanes of at least 4 members (excludes halogenated alkanes) is 1. The van der Waals surface area contributed by atoms with E-state index in [1.165, 1.54) is 6.08 Å². The third kappa shape index (κ3) is 6.82. The lowest BCUT2D eigenvalue weighted by molar-refractivity contribution is -0.111. The summed E-state index contributed by atoms with van der Waals surface area (Å²) in [5.41, 5.74) is 2.71. The molecule has 0 atom stereocenters. The van der Waals surface area contributed by atoms with Gasteiger partial charge in [-0.15, -0.1) is 0 Å². The van der Waals surface area contributed by atoms with Crippen molar-refractivity contribution >= 4 is 17.7 Å². The second-order valence-corrected chi connectivity index (χ2v) is 6.86. The van der Waals surface area contributed by atoms with Gasteiger partial charge in [0.25, 0.3) is 0 Å². The first-order chi connectivity index (χ1) is 14.7. The normalized spacial score (nSPS) is 10.7. The van der Waals surface area contributed by atoms with Crippen LogP contribution in [0.1, 0.15) is 30.9 Å². The van der Waals surface area contributed by atoms with E-state index in [4.69, 9.17) is 9.47 Å². The molecule has 0 heterocycles. The van der Waals surface area contributed by atoms with Crippen LogP contribution < -0.4 is 14.8 Å². The molecule has 0 bridgehead atoms. The Hall–Kier alpha value is -3.53. The smallest absolute Gasteiger partial charge is 0.248 e. The summed E-state index contributed by atoms with van der Waals surface area (Å²) in [6.07, 6.45) is 5.37. The SMILES string of the molecule is CCCCOc1ccccc1C=CC(=O)Nc1ccc(OCc2ccccc2)cc1. The van der Waals surface area contributed by atoms with E-state index in [1.54, 1.807) is 6.08 Å². The molecule has 0 aliphatic heterocycles. The van der Waals surface area contributed by atoms with Crippen molar-refractivity contribution in [1.82, 2.24) is 0 Å². The Morgan fingerprint density at radius 2 is 1.63 bits per heavy atom. The molecular formula is C26H27NO3. The number of carbonyl (C=O) groups is 1. The minimum Gasteiger partial charge on any atom is -0.493 e. The number of amides is 1. The lowest BCUT2D eigenvalue weighted by atomic mass is 10.2. The molecule has 3 aromatic carbocycles. The molecule has 0 saturated carbocycles. The number of anilines is 1. The Balaban J connectivity index is 1.52. The maximum absolute atomic E-state index is 12.3. The number of nitrogens with one attached hydrogen (secondary N) is 1. The number of rotatable bonds is 10. The van der Waals surface area contributed by atoms with E-state index in [0.717, 1.165) is 35.5 Å². The van der Waals surface area contributed by atoms with Crippen molar-refractivity contribution in [2.24, 2.45) is 0 Å². The number of carbonyl (C=O) groups excluding carboxylic acids is 1. The first-order valence-corrected chi connectivity index (χ1v) is 10.2. The predicted octanol–water partition coefficient (Wildman–Crippen LogP) is 6.10. The van der Waals surface area contributed by atoms with Crippen molar-refractivity contribution in [3.05, 3.63) is 96.1 Å². The van der Waals surface area contributed by atoms with Gasteiger partial charge in [0.05, 0.1) is 6.61 Å². The van der Waals surface area contributed by atoms with E-state index < -0.39 is 0 Å². The van der Waals surface area contributed by atoms with Crippen LogP contribution in [0.4, 0.5) is 5.69 Å². The van der Waals surface area contributed by atoms with Crippen LogP contribution in [0.15, 0.2) is 84.9 Å². The van der Waals surface area contributed by atoms with Gasteiger partial charge in [-0.25, -0.2) is 0 Å². The van der Waals surface area contributed by atoms with Crippen LogP contribution in [-0.2, 0) is 11.4 Å². The topological polar surface area (TPSA) is 47.6 Å². The highest BCUT2D eigenvalue weighted by Gasteiger charge is 2.03. The van der Waals surface area contributed by atoms with Gasteiger partial charge in [0, 0.05) is 17.3 Å². The van der Waals surface area contributed by atoms with Crippen molar-refractivity contribution in [2.45, 2.75) is 26.4 Å². The minimum atomic E-state index is -0.198. The number of hydrogen-bond donors (Lipinski definition) is 1. The van der Waals surface area contributed by atoms with E-state index in [9.17, 15) is 4.79 Å². The van der Waals surface area contributed by atoms with Crippen molar-refractivity contribution in [2.75, 3.05) is 11.9 Å². The fraction of sp³-hybridized carbons (Fsp3) is 0.192. The van der Waals surface area contributed by atoms with Gasteiger partial charge in [0.1, 0.15) is 18.1 Å². The average molecular weight is 402 g/mol. The zero-order valence-electron chi connectivity index (χ0n) is 17.2. The van der Waals surface area contributed by atoms with Crippen molar-refractivity contribution < 1.29 is 14.3 Å². The van der Waals surface area contributed by atoms with Gasteiger partial charge in [-0.2, -0.15) is 0 Å². The largest absolute Gasteiger partial charge is 0.493 e. The summed E-state index contributed by atoms with van der Waals surface area (Å²) in [7, 11) is 0. The van der Waals surface area contributed by atoms with E-state index in [-0.39, 0.29) is 5.91 Å². The third-order valence-electron chi connectivity index (χ3n) is 4.46. The predicted molar refractivity (Wildman–Crippen MR) is 122 cm³/mol. The molecule has 4 nitrogen and oxygen atoms in total. The Morgan fingerprint density at radius 3 is 2.40 bits per heavy atom. The summed E-state index contributed by atoms with van der Waals surface area (Å²) in [4.78, 5) is 12.3. The molecule has 154 valence electrons. The van der Waals surface area contributed by atoms with Gasteiger partial charge < -0.3 is 14.8 Å². The van der Waals surface area contributed by atoms with E-state index >= 15 is 0 Å². The first-order valence-electron chi connectivity index (χ1n) is 10.2. The summed E-state index contributed by atoms with van der Waals surface area (Å²) in [6.45, 7) is 3.31. The summed E-state index contributed by atoms with van der Waals surface area (Å²) in [5, 5.41) is 2.86. The van der Waals surface area contributed by atoms with Gasteiger partial charge in [0.2, 0.25) is 5.91 Å². The second kappa shape index (κ2) is 11.5. The molecule has 0 aromatic heterocycles. The summed E-state index contributed by atoms with van der Waals surface area (Å²) < 4.78 is 11.6. The van der Waals surface area contributed by atoms with Crippen LogP contribution in [0.3, 0.4) is 0 Å². The second-order valence-electron chi connectivity index (χ2n) is 6.86. The Morgan fingerprint density at radius 1 is 0.900 bits per heavy atom. The van der Waals surface area contributed by atoms with E-state index in [1.807, 2.05) is 78.9 Å². The van der Waals surface area contributed by atoms with Gasteiger partial charge in [-0.1, -0.05) is 61.9 Å². The molecule has 0 aliphatic carbocycles. The highest BCUT2D eigenvalue weighted by molar-refractivity contribution is 6.02. The average Bonchev–Trinajstić information content (AvgIpc) is 2.79. The van der Waals surface area contributed by atoms with Crippen molar-refractivity contribution in [1.29, 1.82) is 0 Å². The Labute approximate surface area is 178 Å². The summed E-state index contributed by atoms with van der Waals surface area (Å²) >= 11 is 0. The number of hydrogen-bond acceptors (Lipinski definition) is 3. The fourth-order valence-electron chi connectivity index (χ4n) is 2.80. The zero-order chi connectivity index (χ0) is 21.0. The van der Waals surface area contributed by atoms with Gasteiger partial charge >= 0.3 is 0 Å². The molecule has 4 heteroatoms. The maximum atomic E-state index is 12.3. The highest BCUT2D eigenvalue weighted by Crippen LogP contribution is 2.20. The Bertz CT molecular complexity index is 950. The van der Waals surface area contributed by atoms with E-state index in [2.05, 4.69) is 12.2 Å². The molecule has 0 aliphatic rings. The van der Waals surface area contributed by atoms with Gasteiger partial charge in [-0.3, -0.25) is 4.79 Å². The molecule has 0 spiro atoms. The third-order valence-corrected chi connectivity index (χ3v) is 4.46. The zero-order valence-corrected chi connectivity index (χ0v) is 17.2. The first kappa shape index (κ1) is 21.2. The van der Waals surface area contributed by atoms with Crippen LogP contribution >= 0.6 is 0 Å². The van der Waals surface area contributed by atoms with Crippen molar-refractivity contribution in [3.8, 4) is 11.5 Å². The lowest BCUT2D eigenvalue weighted by Crippen LogP contribution is -2.07. The lowest BCUT2D eigenvalue weighted by Gasteiger charge is -2.09. The number of ether oxygens (including phenoxy) is 2. The van der Waals surface area contributed by atoms with E-state index in [0.29, 0.717) is 18.9 Å². The van der Waals surface area contributed by atoms with Gasteiger partial charge in [0.15, 0.2) is 0 Å². The molecular weight excluding hydrogens is 374 g/mol. The number of para-hydroxylation sites is 1. The fourth-order valence-corrected chi connectivity index (χ4v) is 2.80.